The molecule has 0 aliphatic rings. The number of rotatable bonds is 6. The maximum atomic E-state index is 4.06. The summed E-state index contributed by atoms with van der Waals surface area (Å²) in [5, 5.41) is 10.6. The highest BCUT2D eigenvalue weighted by atomic mass is 15.1. The molecule has 0 saturated carbocycles. The van der Waals surface area contributed by atoms with Crippen LogP contribution in [-0.2, 0) is 6.42 Å². The molecule has 20 heavy (non-hydrogen) atoms. The van der Waals surface area contributed by atoms with Gasteiger partial charge in [0.15, 0.2) is 0 Å². The maximum Gasteiger partial charge on any atom is 0.0522 e. The van der Waals surface area contributed by atoms with E-state index in [-0.39, 0.29) is 0 Å². The molecule has 0 aliphatic carbocycles. The minimum Gasteiger partial charge on any atom is -0.310 e. The average molecular weight is 271 g/mol. The SMILES string of the molecule is Cc1ccc(C(C)NCCCc2cn[nH]c2C)cc1C. The first kappa shape index (κ1) is 14.8. The van der Waals surface area contributed by atoms with Crippen LogP contribution in [-0.4, -0.2) is 16.7 Å². The normalized spacial score (nSPS) is 12.6. The zero-order valence-electron chi connectivity index (χ0n) is 13.0. The second-order valence-electron chi connectivity index (χ2n) is 5.64. The van der Waals surface area contributed by atoms with Gasteiger partial charge >= 0.3 is 0 Å². The quantitative estimate of drug-likeness (QED) is 0.788. The van der Waals surface area contributed by atoms with Crippen molar-refractivity contribution in [2.45, 2.75) is 46.6 Å². The summed E-state index contributed by atoms with van der Waals surface area (Å²) < 4.78 is 0. The lowest BCUT2D eigenvalue weighted by molar-refractivity contribution is 0.557. The van der Waals surface area contributed by atoms with Gasteiger partial charge in [-0.3, -0.25) is 5.10 Å². The van der Waals surface area contributed by atoms with Crippen molar-refractivity contribution in [1.82, 2.24) is 15.5 Å². The minimum absolute atomic E-state index is 0.403. The summed E-state index contributed by atoms with van der Waals surface area (Å²) in [5.74, 6) is 0. The lowest BCUT2D eigenvalue weighted by Gasteiger charge is -2.15. The molecule has 1 aromatic carbocycles. The third-order valence-corrected chi connectivity index (χ3v) is 4.04. The third kappa shape index (κ3) is 3.70. The van der Waals surface area contributed by atoms with Gasteiger partial charge in [0.1, 0.15) is 0 Å². The second kappa shape index (κ2) is 6.71. The van der Waals surface area contributed by atoms with Crippen LogP contribution in [0.1, 0.15) is 47.3 Å². The van der Waals surface area contributed by atoms with Gasteiger partial charge < -0.3 is 5.32 Å². The topological polar surface area (TPSA) is 40.7 Å². The Morgan fingerprint density at radius 1 is 1.20 bits per heavy atom. The molecule has 0 amide bonds. The van der Waals surface area contributed by atoms with Crippen molar-refractivity contribution in [2.24, 2.45) is 0 Å². The van der Waals surface area contributed by atoms with E-state index in [4.69, 9.17) is 0 Å². The summed E-state index contributed by atoms with van der Waals surface area (Å²) in [6.07, 6.45) is 4.15. The Morgan fingerprint density at radius 2 is 2.00 bits per heavy atom. The predicted molar refractivity (Wildman–Crippen MR) is 84.0 cm³/mol. The number of aromatic amines is 1. The molecule has 0 fully saturated rings. The lowest BCUT2D eigenvalue weighted by atomic mass is 10.0. The van der Waals surface area contributed by atoms with Gasteiger partial charge in [-0.05, 0) is 69.3 Å². The van der Waals surface area contributed by atoms with E-state index >= 15 is 0 Å². The van der Waals surface area contributed by atoms with E-state index in [2.05, 4.69) is 61.4 Å². The summed E-state index contributed by atoms with van der Waals surface area (Å²) in [7, 11) is 0. The van der Waals surface area contributed by atoms with Gasteiger partial charge in [-0.2, -0.15) is 5.10 Å². The Hall–Kier alpha value is -1.61. The summed E-state index contributed by atoms with van der Waals surface area (Å²) in [5.41, 5.74) is 6.60. The molecule has 1 unspecified atom stereocenters. The van der Waals surface area contributed by atoms with E-state index in [1.54, 1.807) is 0 Å². The number of benzene rings is 1. The molecule has 108 valence electrons. The van der Waals surface area contributed by atoms with E-state index in [0.717, 1.165) is 19.4 Å². The standard InChI is InChI=1S/C17H25N3/c1-12-7-8-16(10-13(12)2)14(3)18-9-5-6-17-11-19-20-15(17)4/h7-8,10-11,14,18H,5-6,9H2,1-4H3,(H,19,20). The van der Waals surface area contributed by atoms with Crippen LogP contribution in [0.4, 0.5) is 0 Å². The molecule has 1 atom stereocenters. The van der Waals surface area contributed by atoms with Gasteiger partial charge in [-0.25, -0.2) is 0 Å². The fourth-order valence-electron chi connectivity index (χ4n) is 2.38. The smallest absolute Gasteiger partial charge is 0.0522 e. The summed E-state index contributed by atoms with van der Waals surface area (Å²) in [6.45, 7) is 9.66. The lowest BCUT2D eigenvalue weighted by Crippen LogP contribution is -2.20. The summed E-state index contributed by atoms with van der Waals surface area (Å²) in [6, 6.07) is 7.12. The van der Waals surface area contributed by atoms with E-state index < -0.39 is 0 Å². The fraction of sp³-hybridized carbons (Fsp3) is 0.471. The van der Waals surface area contributed by atoms with Crippen LogP contribution in [0.5, 0.6) is 0 Å². The van der Waals surface area contributed by atoms with Crippen molar-refractivity contribution in [3.8, 4) is 0 Å². The highest BCUT2D eigenvalue weighted by Crippen LogP contribution is 2.16. The van der Waals surface area contributed by atoms with Gasteiger partial charge in [0.2, 0.25) is 0 Å². The minimum atomic E-state index is 0.403. The largest absolute Gasteiger partial charge is 0.310 e. The Morgan fingerprint density at radius 3 is 2.65 bits per heavy atom. The average Bonchev–Trinajstić information content (AvgIpc) is 2.83. The van der Waals surface area contributed by atoms with Crippen LogP contribution in [0.25, 0.3) is 0 Å². The number of aryl methyl sites for hydroxylation is 4. The Balaban J connectivity index is 1.79. The van der Waals surface area contributed by atoms with Crippen molar-refractivity contribution >= 4 is 0 Å². The van der Waals surface area contributed by atoms with E-state index in [0.29, 0.717) is 6.04 Å². The third-order valence-electron chi connectivity index (χ3n) is 4.04. The van der Waals surface area contributed by atoms with Gasteiger partial charge in [-0.1, -0.05) is 18.2 Å². The van der Waals surface area contributed by atoms with Crippen LogP contribution in [0.2, 0.25) is 0 Å². The monoisotopic (exact) mass is 271 g/mol. The maximum absolute atomic E-state index is 4.06. The number of hydrogen-bond acceptors (Lipinski definition) is 2. The first-order valence-electron chi connectivity index (χ1n) is 7.37. The molecule has 0 saturated heterocycles. The molecule has 0 bridgehead atoms. The van der Waals surface area contributed by atoms with Crippen molar-refractivity contribution in [2.75, 3.05) is 6.54 Å². The number of nitrogens with zero attached hydrogens (tertiary/aromatic N) is 1. The molecule has 3 nitrogen and oxygen atoms in total. The number of aromatic nitrogens is 2. The zero-order valence-corrected chi connectivity index (χ0v) is 13.0. The van der Waals surface area contributed by atoms with E-state index in [1.165, 1.54) is 27.9 Å². The highest BCUT2D eigenvalue weighted by Gasteiger charge is 2.06. The van der Waals surface area contributed by atoms with Crippen molar-refractivity contribution in [3.05, 3.63) is 52.3 Å². The van der Waals surface area contributed by atoms with Crippen LogP contribution in [0.3, 0.4) is 0 Å². The van der Waals surface area contributed by atoms with Gasteiger partial charge in [0, 0.05) is 11.7 Å². The zero-order chi connectivity index (χ0) is 14.5. The fourth-order valence-corrected chi connectivity index (χ4v) is 2.38. The molecule has 1 aromatic heterocycles. The molecule has 0 radical (unpaired) electrons. The Labute approximate surface area is 121 Å². The van der Waals surface area contributed by atoms with Gasteiger partial charge in [0.05, 0.1) is 6.20 Å². The Kier molecular flexibility index (Phi) is 4.96. The van der Waals surface area contributed by atoms with Gasteiger partial charge in [-0.15, -0.1) is 0 Å². The molecule has 3 heteroatoms. The molecule has 0 aliphatic heterocycles. The summed E-state index contributed by atoms with van der Waals surface area (Å²) in [4.78, 5) is 0. The molecule has 0 spiro atoms. The highest BCUT2D eigenvalue weighted by molar-refractivity contribution is 5.31. The van der Waals surface area contributed by atoms with Crippen LogP contribution in [0.15, 0.2) is 24.4 Å². The van der Waals surface area contributed by atoms with Crippen LogP contribution < -0.4 is 5.32 Å². The second-order valence-corrected chi connectivity index (χ2v) is 5.64. The van der Waals surface area contributed by atoms with Crippen molar-refractivity contribution in [1.29, 1.82) is 0 Å². The van der Waals surface area contributed by atoms with Gasteiger partial charge in [0.25, 0.3) is 0 Å². The number of hydrogen-bond donors (Lipinski definition) is 2. The molecule has 2 aromatic rings. The summed E-state index contributed by atoms with van der Waals surface area (Å²) >= 11 is 0. The predicted octanol–water partition coefficient (Wildman–Crippen LogP) is 3.62. The first-order valence-corrected chi connectivity index (χ1v) is 7.37. The molecular weight excluding hydrogens is 246 g/mol. The van der Waals surface area contributed by atoms with E-state index in [1.807, 2.05) is 6.20 Å². The van der Waals surface area contributed by atoms with Crippen molar-refractivity contribution < 1.29 is 0 Å². The molecule has 1 heterocycles. The first-order chi connectivity index (χ1) is 9.58. The molecular formula is C17H25N3. The van der Waals surface area contributed by atoms with Crippen LogP contribution >= 0.6 is 0 Å². The molecule has 2 N–H and O–H groups in total. The number of nitrogens with one attached hydrogen (secondary N) is 2. The number of H-pyrrole nitrogens is 1. The van der Waals surface area contributed by atoms with E-state index in [9.17, 15) is 0 Å². The van der Waals surface area contributed by atoms with Crippen molar-refractivity contribution in [3.63, 3.8) is 0 Å². The Bertz CT molecular complexity index is 557. The van der Waals surface area contributed by atoms with Crippen LogP contribution in [0, 0.1) is 20.8 Å². The molecule has 2 rings (SSSR count).